The van der Waals surface area contributed by atoms with Crippen LogP contribution in [0.3, 0.4) is 0 Å². The van der Waals surface area contributed by atoms with E-state index in [1.54, 1.807) is 0 Å². The van der Waals surface area contributed by atoms with Gasteiger partial charge in [0, 0.05) is 12.8 Å². The second kappa shape index (κ2) is 67.1. The molecule has 2 atom stereocenters. The van der Waals surface area contributed by atoms with Crippen molar-refractivity contribution < 1.29 is 24.5 Å². The van der Waals surface area contributed by atoms with Crippen molar-refractivity contribution in [3.63, 3.8) is 0 Å². The average molecular weight is 1090 g/mol. The van der Waals surface area contributed by atoms with E-state index in [2.05, 4.69) is 31.3 Å². The average Bonchev–Trinajstić information content (AvgIpc) is 3.43. The van der Waals surface area contributed by atoms with E-state index >= 15 is 0 Å². The Morgan fingerprint density at radius 2 is 0.610 bits per heavy atom. The van der Waals surface area contributed by atoms with Crippen LogP contribution in [0.25, 0.3) is 0 Å². The van der Waals surface area contributed by atoms with Crippen LogP contribution in [0.2, 0.25) is 0 Å². The van der Waals surface area contributed by atoms with Crippen molar-refractivity contribution in [2.24, 2.45) is 0 Å². The standard InChI is InChI=1S/C71H139NO5/c1-3-5-7-9-11-13-15-17-19-21-23-24-25-28-31-35-39-43-47-51-55-59-63-69(74)68(67-73)72-70(75)64-60-56-52-48-44-40-36-32-29-26-27-30-34-38-42-46-50-54-58-62-66-77-71(76)65-61-57-53-49-45-41-37-33-22-20-18-16-14-12-10-8-6-4-2/h20,22,68-69,73-74H,3-19,21,23-67H2,1-2H3,(H,72,75)/b22-20-. The van der Waals surface area contributed by atoms with Gasteiger partial charge < -0.3 is 20.3 Å². The largest absolute Gasteiger partial charge is 0.466 e. The minimum Gasteiger partial charge on any atom is -0.466 e. The summed E-state index contributed by atoms with van der Waals surface area (Å²) in [6, 6.07) is -0.544. The summed E-state index contributed by atoms with van der Waals surface area (Å²) in [6.45, 7) is 4.99. The zero-order valence-corrected chi connectivity index (χ0v) is 52.5. The van der Waals surface area contributed by atoms with Gasteiger partial charge in [-0.25, -0.2) is 0 Å². The summed E-state index contributed by atoms with van der Waals surface area (Å²) in [5, 5.41) is 23.4. The van der Waals surface area contributed by atoms with Crippen LogP contribution in [0, 0.1) is 0 Å². The maximum absolute atomic E-state index is 12.5. The third kappa shape index (κ3) is 63.6. The highest BCUT2D eigenvalue weighted by Gasteiger charge is 2.20. The summed E-state index contributed by atoms with van der Waals surface area (Å²) >= 11 is 0. The third-order valence-corrected chi connectivity index (χ3v) is 16.8. The van der Waals surface area contributed by atoms with Gasteiger partial charge in [-0.1, -0.05) is 353 Å². The minimum absolute atomic E-state index is 0.00918. The van der Waals surface area contributed by atoms with Gasteiger partial charge in [-0.2, -0.15) is 0 Å². The summed E-state index contributed by atoms with van der Waals surface area (Å²) < 4.78 is 5.50. The third-order valence-electron chi connectivity index (χ3n) is 16.8. The first kappa shape index (κ1) is 75.6. The van der Waals surface area contributed by atoms with Crippen molar-refractivity contribution >= 4 is 11.9 Å². The summed E-state index contributed by atoms with van der Waals surface area (Å²) in [4.78, 5) is 24.7. The molecule has 6 heteroatoms. The number of nitrogens with one attached hydrogen (secondary N) is 1. The van der Waals surface area contributed by atoms with Gasteiger partial charge in [-0.05, 0) is 51.4 Å². The van der Waals surface area contributed by atoms with Crippen LogP contribution in [-0.2, 0) is 14.3 Å². The molecule has 0 aromatic heterocycles. The SMILES string of the molecule is CCCCCCCCC/C=C\CCCCCCCCCC(=O)OCCCCCCCCCCCCCCCCCCCCCCC(=O)NC(CO)C(O)CCCCCCCCCCCCCCCCCCCCCCCC. The van der Waals surface area contributed by atoms with Crippen molar-refractivity contribution in [2.75, 3.05) is 13.2 Å². The normalized spacial score (nSPS) is 12.5. The van der Waals surface area contributed by atoms with Crippen LogP contribution in [0.15, 0.2) is 12.2 Å². The summed E-state index contributed by atoms with van der Waals surface area (Å²) in [6.07, 6.45) is 82.5. The first-order chi connectivity index (χ1) is 38.0. The van der Waals surface area contributed by atoms with Crippen LogP contribution in [0.5, 0.6) is 0 Å². The van der Waals surface area contributed by atoms with Crippen molar-refractivity contribution in [1.29, 1.82) is 0 Å². The highest BCUT2D eigenvalue weighted by molar-refractivity contribution is 5.76. The Morgan fingerprint density at radius 3 is 0.922 bits per heavy atom. The number of rotatable bonds is 67. The molecule has 0 fully saturated rings. The molecular formula is C71H139NO5. The monoisotopic (exact) mass is 1090 g/mol. The number of unbranched alkanes of at least 4 members (excludes halogenated alkanes) is 54. The molecule has 77 heavy (non-hydrogen) atoms. The van der Waals surface area contributed by atoms with Gasteiger partial charge in [0.2, 0.25) is 5.91 Å². The van der Waals surface area contributed by atoms with Crippen molar-refractivity contribution in [3.05, 3.63) is 12.2 Å². The van der Waals surface area contributed by atoms with Gasteiger partial charge >= 0.3 is 5.97 Å². The molecular weight excluding hydrogens is 947 g/mol. The van der Waals surface area contributed by atoms with E-state index in [-0.39, 0.29) is 18.5 Å². The van der Waals surface area contributed by atoms with Crippen LogP contribution in [0.1, 0.15) is 406 Å². The number of carbonyl (C=O) groups excluding carboxylic acids is 2. The second-order valence-corrected chi connectivity index (χ2v) is 24.6. The molecule has 0 spiro atoms. The Morgan fingerprint density at radius 1 is 0.351 bits per heavy atom. The maximum Gasteiger partial charge on any atom is 0.305 e. The number of esters is 1. The molecule has 0 bridgehead atoms. The van der Waals surface area contributed by atoms with Gasteiger partial charge in [0.05, 0.1) is 25.4 Å². The van der Waals surface area contributed by atoms with Gasteiger partial charge in [-0.3, -0.25) is 9.59 Å². The quantitative estimate of drug-likeness (QED) is 0.0320. The first-order valence-corrected chi connectivity index (χ1v) is 35.4. The molecule has 458 valence electrons. The molecule has 0 aliphatic rings. The first-order valence-electron chi connectivity index (χ1n) is 35.4. The lowest BCUT2D eigenvalue weighted by Gasteiger charge is -2.22. The molecule has 6 nitrogen and oxygen atoms in total. The van der Waals surface area contributed by atoms with Gasteiger partial charge in [0.15, 0.2) is 0 Å². The molecule has 1 amide bonds. The molecule has 3 N–H and O–H groups in total. The highest BCUT2D eigenvalue weighted by Crippen LogP contribution is 2.19. The molecule has 0 radical (unpaired) electrons. The minimum atomic E-state index is -0.666. The van der Waals surface area contributed by atoms with Gasteiger partial charge in [0.1, 0.15) is 0 Å². The summed E-state index contributed by atoms with van der Waals surface area (Å²) in [7, 11) is 0. The van der Waals surface area contributed by atoms with Crippen LogP contribution >= 0.6 is 0 Å². The molecule has 0 heterocycles. The Labute approximate surface area is 482 Å². The lowest BCUT2D eigenvalue weighted by atomic mass is 10.0. The maximum atomic E-state index is 12.5. The molecule has 0 saturated heterocycles. The number of aliphatic hydroxyl groups is 2. The van der Waals surface area contributed by atoms with Crippen LogP contribution in [-0.4, -0.2) is 47.4 Å². The fraction of sp³-hybridized carbons (Fsp3) is 0.944. The van der Waals surface area contributed by atoms with Crippen molar-refractivity contribution in [3.8, 4) is 0 Å². The lowest BCUT2D eigenvalue weighted by molar-refractivity contribution is -0.143. The van der Waals surface area contributed by atoms with E-state index in [1.165, 1.54) is 327 Å². The van der Waals surface area contributed by atoms with Crippen molar-refractivity contribution in [2.45, 2.75) is 418 Å². The number of allylic oxidation sites excluding steroid dienone is 2. The molecule has 0 saturated carbocycles. The second-order valence-electron chi connectivity index (χ2n) is 24.6. The number of hydrogen-bond donors (Lipinski definition) is 3. The Hall–Kier alpha value is -1.40. The topological polar surface area (TPSA) is 95.9 Å². The molecule has 0 aromatic carbocycles. The van der Waals surface area contributed by atoms with E-state index in [4.69, 9.17) is 4.74 Å². The van der Waals surface area contributed by atoms with E-state index in [0.717, 1.165) is 44.9 Å². The van der Waals surface area contributed by atoms with Gasteiger partial charge in [-0.15, -0.1) is 0 Å². The number of aliphatic hydroxyl groups excluding tert-OH is 2. The number of amides is 1. The Bertz CT molecular complexity index is 1160. The molecule has 0 aromatic rings. The predicted molar refractivity (Wildman–Crippen MR) is 338 cm³/mol. The zero-order valence-electron chi connectivity index (χ0n) is 52.5. The molecule has 0 rings (SSSR count). The zero-order chi connectivity index (χ0) is 55.7. The smallest absolute Gasteiger partial charge is 0.305 e. The molecule has 0 aliphatic carbocycles. The number of carbonyl (C=O) groups is 2. The van der Waals surface area contributed by atoms with Gasteiger partial charge in [0.25, 0.3) is 0 Å². The van der Waals surface area contributed by atoms with E-state index in [0.29, 0.717) is 25.9 Å². The Kier molecular flexibility index (Phi) is 65.9. The van der Waals surface area contributed by atoms with E-state index in [1.807, 2.05) is 0 Å². The predicted octanol–water partition coefficient (Wildman–Crippen LogP) is 22.8. The Balaban J connectivity index is 3.38. The fourth-order valence-electron chi connectivity index (χ4n) is 11.4. The van der Waals surface area contributed by atoms with Crippen molar-refractivity contribution in [1.82, 2.24) is 5.32 Å². The molecule has 0 aliphatic heterocycles. The van der Waals surface area contributed by atoms with E-state index < -0.39 is 12.1 Å². The lowest BCUT2D eigenvalue weighted by Crippen LogP contribution is -2.45. The fourth-order valence-corrected chi connectivity index (χ4v) is 11.4. The van der Waals surface area contributed by atoms with Crippen LogP contribution in [0.4, 0.5) is 0 Å². The van der Waals surface area contributed by atoms with E-state index in [9.17, 15) is 19.8 Å². The highest BCUT2D eigenvalue weighted by atomic mass is 16.5. The molecule has 2 unspecified atom stereocenters. The number of ether oxygens (including phenoxy) is 1. The number of hydrogen-bond acceptors (Lipinski definition) is 5. The summed E-state index contributed by atoms with van der Waals surface area (Å²) in [5.74, 6) is -0.0226. The summed E-state index contributed by atoms with van der Waals surface area (Å²) in [5.41, 5.74) is 0. The van der Waals surface area contributed by atoms with Crippen LogP contribution < -0.4 is 5.32 Å².